The molecule has 1 aliphatic heterocycles. The highest BCUT2D eigenvalue weighted by Crippen LogP contribution is 2.30. The lowest BCUT2D eigenvalue weighted by atomic mass is 10.2. The Balaban J connectivity index is 1.50. The van der Waals surface area contributed by atoms with Crippen molar-refractivity contribution in [2.24, 2.45) is 0 Å². The number of pyridine rings is 1. The number of amides is 1. The van der Waals surface area contributed by atoms with Crippen molar-refractivity contribution in [2.45, 2.75) is 0 Å². The van der Waals surface area contributed by atoms with Crippen LogP contribution < -0.4 is 4.90 Å². The minimum atomic E-state index is -0.106. The molecule has 1 fully saturated rings. The SMILES string of the molecule is O=C(c1[nH]c2ccc(Cl)cc2c1Cl)N1CCN(c2ccc(Cl)cn2)CC1. The number of fused-ring (bicyclic) bond motifs is 1. The van der Waals surface area contributed by atoms with Crippen molar-refractivity contribution in [2.75, 3.05) is 31.1 Å². The van der Waals surface area contributed by atoms with Gasteiger partial charge in [0, 0.05) is 48.3 Å². The number of carbonyl (C=O) groups is 1. The van der Waals surface area contributed by atoms with E-state index in [1.54, 1.807) is 23.2 Å². The average Bonchev–Trinajstić information content (AvgIpc) is 2.98. The van der Waals surface area contributed by atoms with E-state index in [4.69, 9.17) is 34.8 Å². The van der Waals surface area contributed by atoms with Gasteiger partial charge in [0.05, 0.1) is 10.0 Å². The molecule has 0 spiro atoms. The Morgan fingerprint density at radius 3 is 2.42 bits per heavy atom. The molecule has 1 aromatic carbocycles. The molecule has 2 aromatic heterocycles. The largest absolute Gasteiger partial charge is 0.353 e. The van der Waals surface area contributed by atoms with E-state index in [1.165, 1.54) is 0 Å². The van der Waals surface area contributed by atoms with Crippen LogP contribution in [0.2, 0.25) is 15.1 Å². The Labute approximate surface area is 165 Å². The summed E-state index contributed by atoms with van der Waals surface area (Å²) in [7, 11) is 0. The minimum Gasteiger partial charge on any atom is -0.353 e. The van der Waals surface area contributed by atoms with E-state index >= 15 is 0 Å². The van der Waals surface area contributed by atoms with Crippen molar-refractivity contribution in [1.82, 2.24) is 14.9 Å². The molecule has 5 nitrogen and oxygen atoms in total. The van der Waals surface area contributed by atoms with E-state index in [0.717, 1.165) is 16.7 Å². The molecular weight excluding hydrogens is 395 g/mol. The normalized spacial score (nSPS) is 14.9. The zero-order valence-electron chi connectivity index (χ0n) is 13.7. The quantitative estimate of drug-likeness (QED) is 0.678. The summed E-state index contributed by atoms with van der Waals surface area (Å²) in [5.41, 5.74) is 1.20. The van der Waals surface area contributed by atoms with Crippen molar-refractivity contribution in [3.05, 3.63) is 57.3 Å². The van der Waals surface area contributed by atoms with Crippen molar-refractivity contribution < 1.29 is 4.79 Å². The highest BCUT2D eigenvalue weighted by atomic mass is 35.5. The van der Waals surface area contributed by atoms with Crippen LogP contribution in [0.1, 0.15) is 10.5 Å². The zero-order valence-corrected chi connectivity index (χ0v) is 15.9. The first-order valence-corrected chi connectivity index (χ1v) is 9.29. The Morgan fingerprint density at radius 1 is 1.00 bits per heavy atom. The highest BCUT2D eigenvalue weighted by molar-refractivity contribution is 6.39. The first-order valence-electron chi connectivity index (χ1n) is 8.15. The van der Waals surface area contributed by atoms with Crippen molar-refractivity contribution >= 4 is 57.4 Å². The van der Waals surface area contributed by atoms with Gasteiger partial charge >= 0.3 is 0 Å². The van der Waals surface area contributed by atoms with Gasteiger partial charge < -0.3 is 14.8 Å². The number of nitrogens with one attached hydrogen (secondary N) is 1. The van der Waals surface area contributed by atoms with Crippen LogP contribution in [0.3, 0.4) is 0 Å². The van der Waals surface area contributed by atoms with Crippen LogP contribution >= 0.6 is 34.8 Å². The van der Waals surface area contributed by atoms with Gasteiger partial charge in [-0.15, -0.1) is 0 Å². The van der Waals surface area contributed by atoms with Crippen LogP contribution in [0.15, 0.2) is 36.5 Å². The molecule has 0 aliphatic carbocycles. The van der Waals surface area contributed by atoms with Crippen molar-refractivity contribution in [3.63, 3.8) is 0 Å². The smallest absolute Gasteiger partial charge is 0.271 e. The van der Waals surface area contributed by atoms with Crippen LogP contribution in [-0.4, -0.2) is 47.0 Å². The number of anilines is 1. The fourth-order valence-electron chi connectivity index (χ4n) is 3.13. The first-order chi connectivity index (χ1) is 12.5. The van der Waals surface area contributed by atoms with Gasteiger partial charge in [-0.1, -0.05) is 34.8 Å². The molecule has 0 unspecified atom stereocenters. The third kappa shape index (κ3) is 3.22. The second-order valence-electron chi connectivity index (χ2n) is 6.12. The van der Waals surface area contributed by atoms with Gasteiger partial charge in [-0.2, -0.15) is 0 Å². The van der Waals surface area contributed by atoms with Crippen molar-refractivity contribution in [3.8, 4) is 0 Å². The van der Waals surface area contributed by atoms with E-state index in [2.05, 4.69) is 14.9 Å². The molecule has 1 aliphatic rings. The molecule has 26 heavy (non-hydrogen) atoms. The Morgan fingerprint density at radius 2 is 1.73 bits per heavy atom. The number of aromatic nitrogens is 2. The van der Waals surface area contributed by atoms with Gasteiger partial charge in [-0.25, -0.2) is 4.98 Å². The highest BCUT2D eigenvalue weighted by Gasteiger charge is 2.26. The molecule has 0 atom stereocenters. The van der Waals surface area contributed by atoms with Gasteiger partial charge in [-0.05, 0) is 30.3 Å². The summed E-state index contributed by atoms with van der Waals surface area (Å²) >= 11 is 18.3. The number of nitrogens with zero attached hydrogens (tertiary/aromatic N) is 3. The van der Waals surface area contributed by atoms with Crippen LogP contribution in [0.5, 0.6) is 0 Å². The molecule has 4 rings (SSSR count). The lowest BCUT2D eigenvalue weighted by Crippen LogP contribution is -2.49. The van der Waals surface area contributed by atoms with Crippen LogP contribution in [-0.2, 0) is 0 Å². The van der Waals surface area contributed by atoms with E-state index in [1.807, 2.05) is 18.2 Å². The fraction of sp³-hybridized carbons (Fsp3) is 0.222. The second kappa shape index (κ2) is 6.99. The molecular formula is C18H15Cl3N4O. The number of hydrogen-bond acceptors (Lipinski definition) is 3. The van der Waals surface area contributed by atoms with Crippen LogP contribution in [0.4, 0.5) is 5.82 Å². The predicted octanol–water partition coefficient (Wildman–Crippen LogP) is 4.49. The molecule has 3 aromatic rings. The number of H-pyrrole nitrogens is 1. The summed E-state index contributed by atoms with van der Waals surface area (Å²) in [5, 5.41) is 2.36. The maximum absolute atomic E-state index is 12.9. The zero-order chi connectivity index (χ0) is 18.3. The summed E-state index contributed by atoms with van der Waals surface area (Å²) in [4.78, 5) is 24.3. The first kappa shape index (κ1) is 17.5. The maximum Gasteiger partial charge on any atom is 0.271 e. The Bertz CT molecular complexity index is 962. The summed E-state index contributed by atoms with van der Waals surface area (Å²) in [6, 6.07) is 9.05. The van der Waals surface area contributed by atoms with Gasteiger partial charge in [0.2, 0.25) is 0 Å². The molecule has 134 valence electrons. The third-order valence-electron chi connectivity index (χ3n) is 4.51. The van der Waals surface area contributed by atoms with Gasteiger partial charge in [0.25, 0.3) is 5.91 Å². The Hall–Kier alpha value is -1.95. The lowest BCUT2D eigenvalue weighted by molar-refractivity contribution is 0.0742. The average molecular weight is 410 g/mol. The number of benzene rings is 1. The summed E-state index contributed by atoms with van der Waals surface area (Å²) in [5.74, 6) is 0.755. The number of hydrogen-bond donors (Lipinski definition) is 1. The number of rotatable bonds is 2. The predicted molar refractivity (Wildman–Crippen MR) is 106 cm³/mol. The van der Waals surface area contributed by atoms with Crippen LogP contribution in [0.25, 0.3) is 10.9 Å². The topological polar surface area (TPSA) is 52.2 Å². The minimum absolute atomic E-state index is 0.106. The number of piperazine rings is 1. The van der Waals surface area contributed by atoms with E-state index in [0.29, 0.717) is 46.9 Å². The maximum atomic E-state index is 12.9. The van der Waals surface area contributed by atoms with Crippen molar-refractivity contribution in [1.29, 1.82) is 0 Å². The van der Waals surface area contributed by atoms with Gasteiger partial charge in [-0.3, -0.25) is 4.79 Å². The lowest BCUT2D eigenvalue weighted by Gasteiger charge is -2.35. The van der Waals surface area contributed by atoms with E-state index in [-0.39, 0.29) is 5.91 Å². The molecule has 0 radical (unpaired) electrons. The Kier molecular flexibility index (Phi) is 4.69. The molecule has 0 bridgehead atoms. The molecule has 3 heterocycles. The van der Waals surface area contributed by atoms with E-state index < -0.39 is 0 Å². The molecule has 1 saturated heterocycles. The molecule has 1 amide bonds. The molecule has 0 saturated carbocycles. The second-order valence-corrected chi connectivity index (χ2v) is 7.37. The van der Waals surface area contributed by atoms with Gasteiger partial charge in [0.15, 0.2) is 0 Å². The number of halogens is 3. The van der Waals surface area contributed by atoms with Gasteiger partial charge in [0.1, 0.15) is 11.5 Å². The number of aromatic amines is 1. The summed E-state index contributed by atoms with van der Waals surface area (Å²) < 4.78 is 0. The standard InChI is InChI=1S/C18H15Cl3N4O/c19-11-1-3-14-13(9-11)16(21)17(23-14)18(26)25-7-5-24(6-8-25)15-4-2-12(20)10-22-15/h1-4,9-10,23H,5-8H2. The summed E-state index contributed by atoms with van der Waals surface area (Å²) in [6.07, 6.45) is 1.63. The van der Waals surface area contributed by atoms with Crippen LogP contribution in [0, 0.1) is 0 Å². The monoisotopic (exact) mass is 408 g/mol. The molecule has 1 N–H and O–H groups in total. The molecule has 8 heteroatoms. The summed E-state index contributed by atoms with van der Waals surface area (Å²) in [6.45, 7) is 2.58. The van der Waals surface area contributed by atoms with E-state index in [9.17, 15) is 4.79 Å². The number of carbonyl (C=O) groups excluding carboxylic acids is 1. The fourth-order valence-corrected chi connectivity index (χ4v) is 3.70. The third-order valence-corrected chi connectivity index (χ3v) is 5.37.